The molecule has 94 valence electrons. The summed E-state index contributed by atoms with van der Waals surface area (Å²) < 4.78 is 39.5. The minimum absolute atomic E-state index is 0.238. The highest BCUT2D eigenvalue weighted by Crippen LogP contribution is 2.32. The Morgan fingerprint density at radius 3 is 2.53 bits per heavy atom. The average molecular weight is 252 g/mol. The summed E-state index contributed by atoms with van der Waals surface area (Å²) in [6.07, 6.45) is -5.00. The third kappa shape index (κ3) is 3.17. The molecular formula is C7H7F3N4O3. The number of rotatable bonds is 3. The van der Waals surface area contributed by atoms with Gasteiger partial charge in [0.1, 0.15) is 5.69 Å². The smallest absolute Gasteiger partial charge is 0.403 e. The summed E-state index contributed by atoms with van der Waals surface area (Å²) in [6.45, 7) is -0.346. The monoisotopic (exact) mass is 252 g/mol. The van der Waals surface area contributed by atoms with Gasteiger partial charge in [-0.3, -0.25) is 0 Å². The maximum atomic E-state index is 12.0. The van der Waals surface area contributed by atoms with Gasteiger partial charge in [-0.2, -0.15) is 0 Å². The highest BCUT2D eigenvalue weighted by atomic mass is 19.4. The fraction of sp³-hybridized carbons (Fsp3) is 0.286. The summed E-state index contributed by atoms with van der Waals surface area (Å²) >= 11 is 0. The Bertz CT molecular complexity index is 449. The largest absolute Gasteiger partial charge is 0.573 e. The van der Waals surface area contributed by atoms with Gasteiger partial charge in [-0.1, -0.05) is 0 Å². The number of hydrogen-bond donors (Lipinski definition) is 2. The Balaban J connectivity index is 3.28. The van der Waals surface area contributed by atoms with Crippen molar-refractivity contribution < 1.29 is 22.8 Å². The third-order valence-electron chi connectivity index (χ3n) is 1.69. The molecule has 0 saturated carbocycles. The van der Waals surface area contributed by atoms with E-state index in [9.17, 15) is 23.3 Å². The fourth-order valence-corrected chi connectivity index (χ4v) is 1.03. The number of halogens is 3. The van der Waals surface area contributed by atoms with Crippen molar-refractivity contribution in [1.82, 2.24) is 4.98 Å². The molecule has 0 aliphatic carbocycles. The molecule has 0 bridgehead atoms. The van der Waals surface area contributed by atoms with Gasteiger partial charge in [0.25, 0.3) is 0 Å². The van der Waals surface area contributed by atoms with Crippen molar-refractivity contribution in [3.8, 4) is 5.75 Å². The van der Waals surface area contributed by atoms with Crippen LogP contribution in [0.2, 0.25) is 0 Å². The van der Waals surface area contributed by atoms with Crippen LogP contribution in [0.5, 0.6) is 5.75 Å². The van der Waals surface area contributed by atoms with E-state index in [1.54, 1.807) is 0 Å². The van der Waals surface area contributed by atoms with E-state index in [1.165, 1.54) is 0 Å². The fourth-order valence-electron chi connectivity index (χ4n) is 1.03. The van der Waals surface area contributed by atoms with Crippen LogP contribution in [0, 0.1) is 10.1 Å². The molecule has 0 amide bonds. The lowest BCUT2D eigenvalue weighted by Crippen LogP contribution is -2.19. The Labute approximate surface area is 92.3 Å². The molecule has 7 nitrogen and oxygen atoms in total. The molecule has 0 unspecified atom stereocenters. The van der Waals surface area contributed by atoms with E-state index in [0.717, 1.165) is 0 Å². The average Bonchev–Trinajstić information content (AvgIpc) is 2.18. The van der Waals surface area contributed by atoms with Gasteiger partial charge >= 0.3 is 12.2 Å². The van der Waals surface area contributed by atoms with Crippen molar-refractivity contribution in [3.63, 3.8) is 0 Å². The summed E-state index contributed by atoms with van der Waals surface area (Å²) in [4.78, 5) is 12.8. The second-order valence-electron chi connectivity index (χ2n) is 2.85. The highest BCUT2D eigenvalue weighted by molar-refractivity contribution is 5.58. The van der Waals surface area contributed by atoms with Crippen LogP contribution >= 0.6 is 0 Å². The zero-order chi connectivity index (χ0) is 13.2. The first-order chi connectivity index (χ1) is 7.74. The Hall–Kier alpha value is -2.10. The molecule has 1 aromatic heterocycles. The van der Waals surface area contributed by atoms with Gasteiger partial charge < -0.3 is 26.3 Å². The summed E-state index contributed by atoms with van der Waals surface area (Å²) in [5.41, 5.74) is 9.72. The van der Waals surface area contributed by atoms with Crippen molar-refractivity contribution in [2.75, 3.05) is 5.73 Å². The van der Waals surface area contributed by atoms with Gasteiger partial charge in [0, 0.05) is 0 Å². The van der Waals surface area contributed by atoms with Gasteiger partial charge in [0.2, 0.25) is 0 Å². The van der Waals surface area contributed by atoms with Crippen LogP contribution in [0.3, 0.4) is 0 Å². The zero-order valence-electron chi connectivity index (χ0n) is 8.19. The first kappa shape index (κ1) is 13.0. The van der Waals surface area contributed by atoms with E-state index in [-0.39, 0.29) is 12.2 Å². The molecule has 4 N–H and O–H groups in total. The van der Waals surface area contributed by atoms with Crippen molar-refractivity contribution in [1.29, 1.82) is 0 Å². The molecule has 0 aromatic carbocycles. The number of aromatic nitrogens is 1. The number of alkyl halides is 3. The number of pyridine rings is 1. The minimum Gasteiger partial charge on any atom is -0.403 e. The van der Waals surface area contributed by atoms with Crippen LogP contribution < -0.4 is 16.2 Å². The number of hydrogen-bond acceptors (Lipinski definition) is 6. The number of nitrogens with two attached hydrogens (primary N) is 2. The lowest BCUT2D eigenvalue weighted by atomic mass is 10.2. The van der Waals surface area contributed by atoms with E-state index in [1.807, 2.05) is 0 Å². The van der Waals surface area contributed by atoms with E-state index in [4.69, 9.17) is 11.5 Å². The van der Waals surface area contributed by atoms with Crippen LogP contribution in [0.15, 0.2) is 6.07 Å². The molecule has 0 atom stereocenters. The Morgan fingerprint density at radius 2 is 2.12 bits per heavy atom. The lowest BCUT2D eigenvalue weighted by Gasteiger charge is -2.11. The molecule has 0 fully saturated rings. The predicted octanol–water partition coefficient (Wildman–Crippen LogP) is 0.929. The van der Waals surface area contributed by atoms with Crippen LogP contribution in [-0.4, -0.2) is 16.3 Å². The molecule has 0 spiro atoms. The number of nitro groups is 1. The van der Waals surface area contributed by atoms with Gasteiger partial charge in [-0.05, 0) is 9.91 Å². The third-order valence-corrected chi connectivity index (χ3v) is 1.69. The normalized spacial score (nSPS) is 11.3. The number of nitrogen functional groups attached to an aromatic ring is 1. The molecule has 0 radical (unpaired) electrons. The second kappa shape index (κ2) is 4.41. The summed E-state index contributed by atoms with van der Waals surface area (Å²) in [7, 11) is 0. The first-order valence-corrected chi connectivity index (χ1v) is 4.14. The topological polar surface area (TPSA) is 117 Å². The van der Waals surface area contributed by atoms with Crippen molar-refractivity contribution in [2.45, 2.75) is 12.9 Å². The van der Waals surface area contributed by atoms with E-state index in [2.05, 4.69) is 9.72 Å². The van der Waals surface area contributed by atoms with Crippen LogP contribution in [0.25, 0.3) is 0 Å². The maximum absolute atomic E-state index is 12.0. The number of anilines is 1. The summed E-state index contributed by atoms with van der Waals surface area (Å²) in [6, 6.07) is 0.488. The van der Waals surface area contributed by atoms with Crippen molar-refractivity contribution >= 4 is 11.5 Å². The van der Waals surface area contributed by atoms with Gasteiger partial charge in [0.15, 0.2) is 11.4 Å². The van der Waals surface area contributed by atoms with Gasteiger partial charge in [-0.15, -0.1) is 13.2 Å². The highest BCUT2D eigenvalue weighted by Gasteiger charge is 2.34. The first-order valence-electron chi connectivity index (χ1n) is 4.14. The van der Waals surface area contributed by atoms with Crippen molar-refractivity contribution in [3.05, 3.63) is 21.9 Å². The Kier molecular flexibility index (Phi) is 3.36. The van der Waals surface area contributed by atoms with Crippen LogP contribution in [-0.2, 0) is 6.54 Å². The van der Waals surface area contributed by atoms with E-state index < -0.39 is 28.5 Å². The van der Waals surface area contributed by atoms with Gasteiger partial charge in [0.05, 0.1) is 12.6 Å². The number of ether oxygens (including phenoxy) is 1. The molecule has 0 aliphatic heterocycles. The summed E-state index contributed by atoms with van der Waals surface area (Å²) in [5.74, 6) is -1.71. The summed E-state index contributed by atoms with van der Waals surface area (Å²) in [5, 5.41) is 10.4. The van der Waals surface area contributed by atoms with E-state index in [0.29, 0.717) is 6.07 Å². The molecular weight excluding hydrogens is 245 g/mol. The van der Waals surface area contributed by atoms with E-state index >= 15 is 0 Å². The molecule has 1 heterocycles. The van der Waals surface area contributed by atoms with Gasteiger partial charge in [-0.25, -0.2) is 0 Å². The lowest BCUT2D eigenvalue weighted by molar-refractivity contribution is -0.389. The SMILES string of the molecule is NCc1nc([N+](=O)[O-])cc(OC(F)(F)F)c1N. The predicted molar refractivity (Wildman–Crippen MR) is 49.9 cm³/mol. The Morgan fingerprint density at radius 1 is 1.53 bits per heavy atom. The molecule has 1 aromatic rings. The quantitative estimate of drug-likeness (QED) is 0.610. The molecule has 17 heavy (non-hydrogen) atoms. The van der Waals surface area contributed by atoms with Crippen molar-refractivity contribution in [2.24, 2.45) is 5.73 Å². The zero-order valence-corrected chi connectivity index (χ0v) is 8.19. The molecule has 0 aliphatic rings. The minimum atomic E-state index is -5.00. The molecule has 1 rings (SSSR count). The second-order valence-corrected chi connectivity index (χ2v) is 2.85. The molecule has 0 saturated heterocycles. The standard InChI is InChI=1S/C7H7F3N4O3/c8-7(9,10)17-4-1-5(14(15)16)13-3(2-11)6(4)12/h1H,2,11-12H2. The maximum Gasteiger partial charge on any atom is 0.573 e. The van der Waals surface area contributed by atoms with Crippen LogP contribution in [0.4, 0.5) is 24.7 Å². The molecule has 10 heteroatoms. The van der Waals surface area contributed by atoms with Crippen LogP contribution in [0.1, 0.15) is 5.69 Å². The number of nitrogens with zero attached hydrogens (tertiary/aromatic N) is 2.